The zero-order valence-electron chi connectivity index (χ0n) is 14.1. The second-order valence-corrected chi connectivity index (χ2v) is 8.81. The third-order valence-electron chi connectivity index (χ3n) is 4.19. The summed E-state index contributed by atoms with van der Waals surface area (Å²) in [4.78, 5) is 9.85. The SMILES string of the molecule is CCCCCCc1ccc(-c2ccc(-c3nccc4nsnc34)s2)s1. The Kier molecular flexibility index (Phi) is 5.20. The van der Waals surface area contributed by atoms with Crippen LogP contribution in [0.5, 0.6) is 0 Å². The molecule has 4 rings (SSSR count). The molecule has 0 saturated heterocycles. The molecule has 25 heavy (non-hydrogen) atoms. The Morgan fingerprint density at radius 3 is 2.60 bits per heavy atom. The van der Waals surface area contributed by atoms with Crippen LogP contribution >= 0.6 is 34.4 Å². The quantitative estimate of drug-likeness (QED) is 0.334. The Balaban J connectivity index is 1.54. The van der Waals surface area contributed by atoms with Crippen LogP contribution in [0.15, 0.2) is 36.5 Å². The Hall–Kier alpha value is -1.63. The van der Waals surface area contributed by atoms with E-state index in [1.54, 1.807) is 11.3 Å². The monoisotopic (exact) mass is 385 g/mol. The summed E-state index contributed by atoms with van der Waals surface area (Å²) in [5.74, 6) is 0. The number of nitrogens with zero attached hydrogens (tertiary/aromatic N) is 3. The van der Waals surface area contributed by atoms with Crippen LogP contribution in [0, 0.1) is 0 Å². The lowest BCUT2D eigenvalue weighted by Gasteiger charge is -1.97. The number of aromatic nitrogens is 3. The maximum Gasteiger partial charge on any atom is 0.131 e. The number of rotatable bonds is 7. The van der Waals surface area contributed by atoms with Crippen LogP contribution in [0.25, 0.3) is 31.4 Å². The minimum Gasteiger partial charge on any atom is -0.253 e. The Morgan fingerprint density at radius 1 is 0.840 bits per heavy atom. The molecule has 0 aliphatic carbocycles. The van der Waals surface area contributed by atoms with Crippen LogP contribution in [0.2, 0.25) is 0 Å². The first-order valence-corrected chi connectivity index (χ1v) is 11.0. The third-order valence-corrected chi connectivity index (χ3v) is 7.17. The van der Waals surface area contributed by atoms with Crippen LogP contribution in [0.4, 0.5) is 0 Å². The van der Waals surface area contributed by atoms with Gasteiger partial charge in [-0.2, -0.15) is 8.75 Å². The van der Waals surface area contributed by atoms with Gasteiger partial charge in [0.25, 0.3) is 0 Å². The second kappa shape index (κ2) is 7.72. The van der Waals surface area contributed by atoms with Crippen molar-refractivity contribution >= 4 is 45.4 Å². The van der Waals surface area contributed by atoms with Crippen molar-refractivity contribution < 1.29 is 0 Å². The van der Waals surface area contributed by atoms with Crippen LogP contribution in [-0.2, 0) is 6.42 Å². The minimum absolute atomic E-state index is 0.906. The largest absolute Gasteiger partial charge is 0.253 e. The topological polar surface area (TPSA) is 38.7 Å². The zero-order chi connectivity index (χ0) is 17.1. The zero-order valence-corrected chi connectivity index (χ0v) is 16.5. The first-order chi connectivity index (χ1) is 12.3. The van der Waals surface area contributed by atoms with Gasteiger partial charge in [-0.1, -0.05) is 26.2 Å². The van der Waals surface area contributed by atoms with Gasteiger partial charge in [0, 0.05) is 20.8 Å². The van der Waals surface area contributed by atoms with E-state index in [4.69, 9.17) is 0 Å². The van der Waals surface area contributed by atoms with Gasteiger partial charge in [-0.05, 0) is 43.2 Å². The van der Waals surface area contributed by atoms with E-state index in [2.05, 4.69) is 44.9 Å². The number of pyridine rings is 1. The van der Waals surface area contributed by atoms with E-state index in [0.29, 0.717) is 0 Å². The highest BCUT2D eigenvalue weighted by Gasteiger charge is 2.13. The van der Waals surface area contributed by atoms with Gasteiger partial charge in [0.05, 0.1) is 16.6 Å². The van der Waals surface area contributed by atoms with Crippen molar-refractivity contribution in [3.63, 3.8) is 0 Å². The molecule has 0 aliphatic heterocycles. The van der Waals surface area contributed by atoms with Crippen molar-refractivity contribution in [1.29, 1.82) is 0 Å². The molecule has 0 aromatic carbocycles. The molecule has 0 unspecified atom stereocenters. The molecule has 0 bridgehead atoms. The molecule has 4 heterocycles. The molecule has 0 radical (unpaired) electrons. The molecule has 0 N–H and O–H groups in total. The highest BCUT2D eigenvalue weighted by atomic mass is 32.1. The maximum atomic E-state index is 4.54. The lowest BCUT2D eigenvalue weighted by molar-refractivity contribution is 0.670. The molecular weight excluding hydrogens is 366 g/mol. The fraction of sp³-hybridized carbons (Fsp3) is 0.316. The van der Waals surface area contributed by atoms with Gasteiger partial charge in [0.1, 0.15) is 16.7 Å². The van der Waals surface area contributed by atoms with E-state index in [-0.39, 0.29) is 0 Å². The molecule has 0 atom stereocenters. The van der Waals surface area contributed by atoms with Gasteiger partial charge in [0.2, 0.25) is 0 Å². The van der Waals surface area contributed by atoms with E-state index in [1.807, 2.05) is 23.6 Å². The molecule has 0 fully saturated rings. The first kappa shape index (κ1) is 16.8. The maximum absolute atomic E-state index is 4.54. The molecule has 0 aliphatic rings. The summed E-state index contributed by atoms with van der Waals surface area (Å²) in [7, 11) is 0. The van der Waals surface area contributed by atoms with Gasteiger partial charge in [-0.3, -0.25) is 4.98 Å². The van der Waals surface area contributed by atoms with Gasteiger partial charge in [-0.25, -0.2) is 0 Å². The summed E-state index contributed by atoms with van der Waals surface area (Å²) >= 11 is 4.96. The fourth-order valence-corrected chi connectivity index (χ4v) is 5.54. The molecule has 4 aromatic rings. The first-order valence-electron chi connectivity index (χ1n) is 8.61. The molecule has 0 saturated carbocycles. The molecular formula is C19H19N3S3. The highest BCUT2D eigenvalue weighted by Crippen LogP contribution is 2.38. The van der Waals surface area contributed by atoms with Crippen LogP contribution in [0.1, 0.15) is 37.5 Å². The van der Waals surface area contributed by atoms with Crippen molar-refractivity contribution in [2.75, 3.05) is 0 Å². The summed E-state index contributed by atoms with van der Waals surface area (Å²) in [6.45, 7) is 2.26. The Bertz CT molecular complexity index is 967. The predicted molar refractivity (Wildman–Crippen MR) is 110 cm³/mol. The molecule has 3 nitrogen and oxygen atoms in total. The van der Waals surface area contributed by atoms with Crippen molar-refractivity contribution in [2.24, 2.45) is 0 Å². The van der Waals surface area contributed by atoms with Crippen LogP contribution in [0.3, 0.4) is 0 Å². The number of thiophene rings is 2. The van der Waals surface area contributed by atoms with Gasteiger partial charge >= 0.3 is 0 Å². The number of hydrogen-bond acceptors (Lipinski definition) is 6. The second-order valence-electron chi connectivity index (χ2n) is 6.03. The number of aryl methyl sites for hydroxylation is 1. The lowest BCUT2D eigenvalue weighted by Crippen LogP contribution is -1.81. The normalized spacial score (nSPS) is 11.4. The van der Waals surface area contributed by atoms with E-state index in [9.17, 15) is 0 Å². The number of hydrogen-bond donors (Lipinski definition) is 0. The summed E-state index contributed by atoms with van der Waals surface area (Å²) < 4.78 is 8.72. The lowest BCUT2D eigenvalue weighted by atomic mass is 10.1. The van der Waals surface area contributed by atoms with Crippen molar-refractivity contribution in [1.82, 2.24) is 13.7 Å². The molecule has 128 valence electrons. The van der Waals surface area contributed by atoms with Gasteiger partial charge < -0.3 is 0 Å². The van der Waals surface area contributed by atoms with Crippen LogP contribution in [-0.4, -0.2) is 13.7 Å². The fourth-order valence-electron chi connectivity index (χ4n) is 2.86. The smallest absolute Gasteiger partial charge is 0.131 e. The minimum atomic E-state index is 0.906. The number of unbranched alkanes of at least 4 members (excludes halogenated alkanes) is 3. The molecule has 4 aromatic heterocycles. The Labute approximate surface area is 159 Å². The van der Waals surface area contributed by atoms with Crippen molar-refractivity contribution in [3.8, 4) is 20.3 Å². The third kappa shape index (κ3) is 3.66. The summed E-state index contributed by atoms with van der Waals surface area (Å²) in [6, 6.07) is 10.8. The summed E-state index contributed by atoms with van der Waals surface area (Å²) in [5.41, 5.74) is 2.78. The predicted octanol–water partition coefficient (Wildman–Crippen LogP) is 6.67. The highest BCUT2D eigenvalue weighted by molar-refractivity contribution is 7.23. The van der Waals surface area contributed by atoms with E-state index < -0.39 is 0 Å². The Morgan fingerprint density at radius 2 is 1.68 bits per heavy atom. The van der Waals surface area contributed by atoms with Gasteiger partial charge in [0.15, 0.2) is 0 Å². The van der Waals surface area contributed by atoms with Crippen LogP contribution < -0.4 is 0 Å². The van der Waals surface area contributed by atoms with Gasteiger partial charge in [-0.15, -0.1) is 22.7 Å². The van der Waals surface area contributed by atoms with Crippen molar-refractivity contribution in [2.45, 2.75) is 39.0 Å². The van der Waals surface area contributed by atoms with E-state index in [0.717, 1.165) is 21.6 Å². The number of fused-ring (bicyclic) bond motifs is 1. The molecule has 6 heteroatoms. The average Bonchev–Trinajstić information content (AvgIpc) is 3.38. The average molecular weight is 386 g/mol. The summed E-state index contributed by atoms with van der Waals surface area (Å²) in [6.07, 6.45) is 8.29. The summed E-state index contributed by atoms with van der Waals surface area (Å²) in [5, 5.41) is 0. The van der Waals surface area contributed by atoms with E-state index >= 15 is 0 Å². The van der Waals surface area contributed by atoms with E-state index in [1.165, 1.54) is 58.5 Å². The molecule has 0 spiro atoms. The van der Waals surface area contributed by atoms with Crippen molar-refractivity contribution in [3.05, 3.63) is 41.4 Å². The molecule has 0 amide bonds. The standard InChI is InChI=1S/C19H19N3S3/c1-2-3-4-5-6-13-7-8-15(23-13)16-9-10-17(24-16)19-18-14(11-12-20-19)21-25-22-18/h7-12H,2-6H2,1H3.